The van der Waals surface area contributed by atoms with Crippen molar-refractivity contribution in [2.75, 3.05) is 0 Å². The van der Waals surface area contributed by atoms with E-state index in [0.717, 1.165) is 22.3 Å². The van der Waals surface area contributed by atoms with E-state index in [1.807, 2.05) is 80.6 Å². The lowest BCUT2D eigenvalue weighted by Gasteiger charge is -2.25. The summed E-state index contributed by atoms with van der Waals surface area (Å²) in [7, 11) is 0. The number of rotatable bonds is 4. The summed E-state index contributed by atoms with van der Waals surface area (Å²) in [5.74, 6) is -1.40. The van der Waals surface area contributed by atoms with E-state index in [4.69, 9.17) is 0 Å². The van der Waals surface area contributed by atoms with Crippen LogP contribution >= 0.6 is 0 Å². The molecule has 0 aliphatic carbocycles. The highest BCUT2D eigenvalue weighted by molar-refractivity contribution is 6.46. The van der Waals surface area contributed by atoms with Crippen LogP contribution < -0.4 is 0 Å². The summed E-state index contributed by atoms with van der Waals surface area (Å²) in [6, 6.07) is 23.9. The molecule has 1 fully saturated rings. The van der Waals surface area contributed by atoms with Crippen molar-refractivity contribution in [3.05, 3.63) is 112 Å². The summed E-state index contributed by atoms with van der Waals surface area (Å²) < 4.78 is 0. The molecule has 3 aromatic carbocycles. The van der Waals surface area contributed by atoms with Crippen molar-refractivity contribution >= 4 is 17.4 Å². The van der Waals surface area contributed by atoms with Crippen LogP contribution in [0.2, 0.25) is 0 Å². The maximum Gasteiger partial charge on any atom is 0.295 e. The molecular weight excluding hydrogens is 374 g/mol. The van der Waals surface area contributed by atoms with E-state index in [9.17, 15) is 14.7 Å². The fourth-order valence-electron chi connectivity index (χ4n) is 3.79. The summed E-state index contributed by atoms with van der Waals surface area (Å²) in [5, 5.41) is 11.0. The molecule has 0 aromatic heterocycles. The molecule has 4 nitrogen and oxygen atoms in total. The van der Waals surface area contributed by atoms with Gasteiger partial charge in [-0.2, -0.15) is 0 Å². The molecule has 1 unspecified atom stereocenters. The molecular formula is C26H23NO3. The number of hydrogen-bond donors (Lipinski definition) is 1. The predicted molar refractivity (Wildman–Crippen MR) is 117 cm³/mol. The molecule has 30 heavy (non-hydrogen) atoms. The van der Waals surface area contributed by atoms with Crippen LogP contribution in [0.5, 0.6) is 0 Å². The number of aliphatic hydroxyl groups is 1. The van der Waals surface area contributed by atoms with E-state index in [1.165, 1.54) is 0 Å². The Kier molecular flexibility index (Phi) is 5.23. The Bertz CT molecular complexity index is 1110. The molecule has 4 rings (SSSR count). The molecule has 1 aliphatic heterocycles. The van der Waals surface area contributed by atoms with E-state index < -0.39 is 17.7 Å². The van der Waals surface area contributed by atoms with Crippen LogP contribution in [0.25, 0.3) is 5.76 Å². The second-order valence-electron chi connectivity index (χ2n) is 7.69. The first-order chi connectivity index (χ1) is 14.5. The Morgan fingerprint density at radius 1 is 0.833 bits per heavy atom. The van der Waals surface area contributed by atoms with Crippen LogP contribution in [0.3, 0.4) is 0 Å². The maximum atomic E-state index is 13.0. The number of likely N-dealkylation sites (tertiary alicyclic amines) is 1. The lowest BCUT2D eigenvalue weighted by Crippen LogP contribution is -2.29. The lowest BCUT2D eigenvalue weighted by molar-refractivity contribution is -0.140. The highest BCUT2D eigenvalue weighted by atomic mass is 16.3. The fraction of sp³-hybridized carbons (Fsp3) is 0.154. The molecule has 4 heteroatoms. The van der Waals surface area contributed by atoms with E-state index in [1.54, 1.807) is 17.0 Å². The monoisotopic (exact) mass is 397 g/mol. The first-order valence-corrected chi connectivity index (χ1v) is 9.91. The van der Waals surface area contributed by atoms with Gasteiger partial charge in [0, 0.05) is 12.1 Å². The standard InChI is InChI=1S/C26H23NO3/c1-17-8-12-20(13-9-17)23-22(24(28)21-14-10-18(2)11-15-21)25(29)26(30)27(23)16-19-6-4-3-5-7-19/h3-15,23,28H,16H2,1-2H3/b24-22+. The lowest BCUT2D eigenvalue weighted by atomic mass is 9.94. The Labute approximate surface area is 176 Å². The molecule has 0 radical (unpaired) electrons. The average Bonchev–Trinajstić information content (AvgIpc) is 3.00. The first-order valence-electron chi connectivity index (χ1n) is 9.91. The number of carbonyl (C=O) groups is 2. The van der Waals surface area contributed by atoms with Gasteiger partial charge in [-0.25, -0.2) is 0 Å². The predicted octanol–water partition coefficient (Wildman–Crippen LogP) is 4.93. The number of benzene rings is 3. The molecule has 150 valence electrons. The number of aliphatic hydroxyl groups excluding tert-OH is 1. The van der Waals surface area contributed by atoms with Crippen molar-refractivity contribution in [3.8, 4) is 0 Å². The van der Waals surface area contributed by atoms with Gasteiger partial charge in [0.2, 0.25) is 0 Å². The number of aryl methyl sites for hydroxylation is 2. The van der Waals surface area contributed by atoms with Crippen molar-refractivity contribution in [1.82, 2.24) is 4.90 Å². The van der Waals surface area contributed by atoms with E-state index >= 15 is 0 Å². The third-order valence-electron chi connectivity index (χ3n) is 5.45. The van der Waals surface area contributed by atoms with E-state index in [-0.39, 0.29) is 17.9 Å². The van der Waals surface area contributed by atoms with Gasteiger partial charge in [0.15, 0.2) is 0 Å². The summed E-state index contributed by atoms with van der Waals surface area (Å²) in [6.45, 7) is 4.22. The molecule has 1 amide bonds. The quantitative estimate of drug-likeness (QED) is 0.386. The second-order valence-corrected chi connectivity index (χ2v) is 7.69. The van der Waals surface area contributed by atoms with Crippen molar-refractivity contribution in [2.24, 2.45) is 0 Å². The van der Waals surface area contributed by atoms with Crippen LogP contribution in [0.15, 0.2) is 84.4 Å². The molecule has 1 atom stereocenters. The highest BCUT2D eigenvalue weighted by Crippen LogP contribution is 2.40. The molecule has 1 saturated heterocycles. The Morgan fingerprint density at radius 2 is 1.40 bits per heavy atom. The summed E-state index contributed by atoms with van der Waals surface area (Å²) in [5.41, 5.74) is 4.50. The SMILES string of the molecule is Cc1ccc(/C(O)=C2\C(=O)C(=O)N(Cc3ccccc3)C2c2ccc(C)cc2)cc1. The first kappa shape index (κ1) is 19.6. The van der Waals surface area contributed by atoms with Gasteiger partial charge in [0.1, 0.15) is 5.76 Å². The van der Waals surface area contributed by atoms with Gasteiger partial charge in [-0.3, -0.25) is 9.59 Å². The molecule has 0 spiro atoms. The van der Waals surface area contributed by atoms with Crippen LogP contribution in [0.4, 0.5) is 0 Å². The highest BCUT2D eigenvalue weighted by Gasteiger charge is 2.46. The maximum absolute atomic E-state index is 13.0. The fourth-order valence-corrected chi connectivity index (χ4v) is 3.79. The normalized spacial score (nSPS) is 18.1. The Balaban J connectivity index is 1.85. The summed E-state index contributed by atoms with van der Waals surface area (Å²) in [4.78, 5) is 27.6. The minimum absolute atomic E-state index is 0.128. The minimum Gasteiger partial charge on any atom is -0.507 e. The molecule has 1 heterocycles. The molecule has 1 N–H and O–H groups in total. The minimum atomic E-state index is -0.658. The van der Waals surface area contributed by atoms with E-state index in [2.05, 4.69) is 0 Å². The van der Waals surface area contributed by atoms with Crippen molar-refractivity contribution < 1.29 is 14.7 Å². The zero-order valence-electron chi connectivity index (χ0n) is 17.0. The molecule has 0 bridgehead atoms. The second kappa shape index (κ2) is 7.99. The van der Waals surface area contributed by atoms with Gasteiger partial charge in [0.25, 0.3) is 11.7 Å². The van der Waals surface area contributed by atoms with E-state index in [0.29, 0.717) is 5.56 Å². The van der Waals surface area contributed by atoms with Gasteiger partial charge in [-0.05, 0) is 25.0 Å². The largest absolute Gasteiger partial charge is 0.507 e. The molecule has 1 aliphatic rings. The molecule has 3 aromatic rings. The van der Waals surface area contributed by atoms with Gasteiger partial charge in [0.05, 0.1) is 11.6 Å². The number of carbonyl (C=O) groups excluding carboxylic acids is 2. The number of nitrogens with zero attached hydrogens (tertiary/aromatic N) is 1. The van der Waals surface area contributed by atoms with Crippen molar-refractivity contribution in [2.45, 2.75) is 26.4 Å². The van der Waals surface area contributed by atoms with Crippen LogP contribution in [0.1, 0.15) is 33.9 Å². The summed E-state index contributed by atoms with van der Waals surface area (Å²) in [6.07, 6.45) is 0. The number of hydrogen-bond acceptors (Lipinski definition) is 3. The number of amides is 1. The third-order valence-corrected chi connectivity index (χ3v) is 5.45. The zero-order valence-corrected chi connectivity index (χ0v) is 17.0. The van der Waals surface area contributed by atoms with Crippen LogP contribution in [-0.4, -0.2) is 21.7 Å². The van der Waals surface area contributed by atoms with Crippen molar-refractivity contribution in [3.63, 3.8) is 0 Å². The van der Waals surface area contributed by atoms with Gasteiger partial charge < -0.3 is 10.0 Å². The van der Waals surface area contributed by atoms with Crippen LogP contribution in [-0.2, 0) is 16.1 Å². The third kappa shape index (κ3) is 3.64. The van der Waals surface area contributed by atoms with Crippen molar-refractivity contribution in [1.29, 1.82) is 0 Å². The summed E-state index contributed by atoms with van der Waals surface area (Å²) >= 11 is 0. The zero-order chi connectivity index (χ0) is 21.3. The topological polar surface area (TPSA) is 57.6 Å². The number of Topliss-reactive ketones (excluding diaryl/α,β-unsaturated/α-hetero) is 1. The average molecular weight is 397 g/mol. The smallest absolute Gasteiger partial charge is 0.295 e. The number of ketones is 1. The van der Waals surface area contributed by atoms with Gasteiger partial charge in [-0.1, -0.05) is 90.0 Å². The Hall–Kier alpha value is -3.66. The Morgan fingerprint density at radius 3 is 2.00 bits per heavy atom. The van der Waals surface area contributed by atoms with Gasteiger partial charge in [-0.15, -0.1) is 0 Å². The molecule has 0 saturated carbocycles. The van der Waals surface area contributed by atoms with Gasteiger partial charge >= 0.3 is 0 Å². The van der Waals surface area contributed by atoms with Crippen LogP contribution in [0, 0.1) is 13.8 Å².